The lowest BCUT2D eigenvalue weighted by molar-refractivity contribution is -0.125. The van der Waals surface area contributed by atoms with Crippen molar-refractivity contribution in [3.63, 3.8) is 0 Å². The largest absolute Gasteiger partial charge is 0.355 e. The van der Waals surface area contributed by atoms with Crippen molar-refractivity contribution in [2.24, 2.45) is 5.92 Å². The van der Waals surface area contributed by atoms with Gasteiger partial charge in [0.1, 0.15) is 0 Å². The molecule has 1 aliphatic rings. The Balaban J connectivity index is 1.36. The van der Waals surface area contributed by atoms with Gasteiger partial charge in [-0.15, -0.1) is 0 Å². The molecule has 1 amide bonds. The second kappa shape index (κ2) is 11.4. The molecule has 0 saturated carbocycles. The molecule has 6 nitrogen and oxygen atoms in total. The number of amides is 1. The van der Waals surface area contributed by atoms with Gasteiger partial charge in [0.15, 0.2) is 0 Å². The summed E-state index contributed by atoms with van der Waals surface area (Å²) in [6.07, 6.45) is 0.466. The van der Waals surface area contributed by atoms with Crippen molar-refractivity contribution in [3.8, 4) is 0 Å². The molecule has 0 aromatic heterocycles. The molecule has 178 valence electrons. The zero-order valence-corrected chi connectivity index (χ0v) is 19.9. The minimum Gasteiger partial charge on any atom is -0.355 e. The van der Waals surface area contributed by atoms with E-state index < -0.39 is 10.0 Å². The third-order valence-corrected chi connectivity index (χ3v) is 7.56. The Bertz CT molecular complexity index is 1120. The standard InChI is InChI=1S/C27H31N3O3S/c31-27(29-19-26(22-12-6-2-7-13-22)23-14-8-3-9-15-23)24-16-25(18-28-17-24)30-34(32,33)20-21-10-4-1-5-11-21/h1-15,24-26,28,30H,16-20H2,(H,29,31)/t24-,25+/m0/s1. The van der Waals surface area contributed by atoms with Crippen LogP contribution < -0.4 is 15.4 Å². The number of hydrogen-bond donors (Lipinski definition) is 3. The lowest BCUT2D eigenvalue weighted by atomic mass is 9.90. The van der Waals surface area contributed by atoms with E-state index in [2.05, 4.69) is 39.6 Å². The summed E-state index contributed by atoms with van der Waals surface area (Å²) in [7, 11) is -3.50. The molecule has 4 rings (SSSR count). The molecule has 1 saturated heterocycles. The lowest BCUT2D eigenvalue weighted by Gasteiger charge is -2.30. The molecule has 0 aliphatic carbocycles. The first kappa shape index (κ1) is 24.1. The van der Waals surface area contributed by atoms with Gasteiger partial charge >= 0.3 is 0 Å². The number of hydrogen-bond acceptors (Lipinski definition) is 4. The van der Waals surface area contributed by atoms with Crippen molar-refractivity contribution in [1.82, 2.24) is 15.4 Å². The van der Waals surface area contributed by atoms with Crippen LogP contribution in [0.2, 0.25) is 0 Å². The Morgan fingerprint density at radius 1 is 0.853 bits per heavy atom. The molecule has 0 radical (unpaired) electrons. The van der Waals surface area contributed by atoms with Crippen LogP contribution in [-0.2, 0) is 20.6 Å². The number of piperidine rings is 1. The topological polar surface area (TPSA) is 87.3 Å². The number of sulfonamides is 1. The second-order valence-electron chi connectivity index (χ2n) is 8.77. The van der Waals surface area contributed by atoms with E-state index in [1.54, 1.807) is 12.1 Å². The van der Waals surface area contributed by atoms with Crippen molar-refractivity contribution in [1.29, 1.82) is 0 Å². The zero-order valence-electron chi connectivity index (χ0n) is 19.1. The molecule has 1 heterocycles. The molecule has 0 spiro atoms. The van der Waals surface area contributed by atoms with E-state index in [9.17, 15) is 13.2 Å². The summed E-state index contributed by atoms with van der Waals surface area (Å²) in [6.45, 7) is 1.52. The van der Waals surface area contributed by atoms with Crippen LogP contribution in [0.1, 0.15) is 29.0 Å². The highest BCUT2D eigenvalue weighted by molar-refractivity contribution is 7.88. The molecule has 3 aromatic rings. The molecule has 1 aliphatic heterocycles. The van der Waals surface area contributed by atoms with Gasteiger partial charge in [0.2, 0.25) is 15.9 Å². The van der Waals surface area contributed by atoms with Gasteiger partial charge < -0.3 is 10.6 Å². The molecule has 0 bridgehead atoms. The van der Waals surface area contributed by atoms with Crippen LogP contribution in [0, 0.1) is 5.92 Å². The first-order valence-corrected chi connectivity index (χ1v) is 13.3. The van der Waals surface area contributed by atoms with Crippen LogP contribution in [0.4, 0.5) is 0 Å². The maximum atomic E-state index is 13.0. The molecule has 7 heteroatoms. The van der Waals surface area contributed by atoms with E-state index >= 15 is 0 Å². The van der Waals surface area contributed by atoms with Gasteiger partial charge in [-0.3, -0.25) is 4.79 Å². The van der Waals surface area contributed by atoms with Crippen molar-refractivity contribution in [3.05, 3.63) is 108 Å². The summed E-state index contributed by atoms with van der Waals surface area (Å²) in [6, 6.07) is 29.1. The SMILES string of the molecule is O=C(NCC(c1ccccc1)c1ccccc1)[C@@H]1CNC[C@H](NS(=O)(=O)Cc2ccccc2)C1. The molecule has 1 fully saturated rings. The number of nitrogens with one attached hydrogen (secondary N) is 3. The third kappa shape index (κ3) is 6.76. The summed E-state index contributed by atoms with van der Waals surface area (Å²) in [5.41, 5.74) is 3.02. The van der Waals surface area contributed by atoms with Crippen LogP contribution in [0.5, 0.6) is 0 Å². The maximum Gasteiger partial charge on any atom is 0.224 e. The predicted molar refractivity (Wildman–Crippen MR) is 135 cm³/mol. The number of carbonyl (C=O) groups is 1. The molecular weight excluding hydrogens is 446 g/mol. The molecule has 3 N–H and O–H groups in total. The Morgan fingerprint density at radius 3 is 2.00 bits per heavy atom. The van der Waals surface area contributed by atoms with E-state index in [1.165, 1.54) is 0 Å². The van der Waals surface area contributed by atoms with Gasteiger partial charge in [-0.25, -0.2) is 13.1 Å². The van der Waals surface area contributed by atoms with E-state index in [0.29, 0.717) is 26.1 Å². The number of carbonyl (C=O) groups excluding carboxylic acids is 1. The van der Waals surface area contributed by atoms with Crippen molar-refractivity contribution < 1.29 is 13.2 Å². The van der Waals surface area contributed by atoms with E-state index in [-0.39, 0.29) is 29.5 Å². The van der Waals surface area contributed by atoms with E-state index in [1.807, 2.05) is 54.6 Å². The Hall–Kier alpha value is -3.00. The number of benzene rings is 3. The minimum absolute atomic E-state index is 0.0445. The first-order chi connectivity index (χ1) is 16.5. The fourth-order valence-electron chi connectivity index (χ4n) is 4.47. The number of rotatable bonds is 9. The van der Waals surface area contributed by atoms with Crippen LogP contribution in [-0.4, -0.2) is 40.0 Å². The average molecular weight is 478 g/mol. The Kier molecular flexibility index (Phi) is 8.11. The van der Waals surface area contributed by atoms with E-state index in [4.69, 9.17) is 0 Å². The summed E-state index contributed by atoms with van der Waals surface area (Å²) < 4.78 is 28.0. The van der Waals surface area contributed by atoms with Gasteiger partial charge in [0.05, 0.1) is 11.7 Å². The van der Waals surface area contributed by atoms with Gasteiger partial charge in [-0.2, -0.15) is 0 Å². The molecule has 2 atom stereocenters. The maximum absolute atomic E-state index is 13.0. The quantitative estimate of drug-likeness (QED) is 0.442. The average Bonchev–Trinajstić information content (AvgIpc) is 2.85. The molecule has 0 unspecified atom stereocenters. The smallest absolute Gasteiger partial charge is 0.224 e. The van der Waals surface area contributed by atoms with Crippen LogP contribution in [0.3, 0.4) is 0 Å². The highest BCUT2D eigenvalue weighted by Crippen LogP contribution is 2.24. The summed E-state index contributed by atoms with van der Waals surface area (Å²) >= 11 is 0. The van der Waals surface area contributed by atoms with Crippen LogP contribution in [0.25, 0.3) is 0 Å². The second-order valence-corrected chi connectivity index (χ2v) is 10.5. The van der Waals surface area contributed by atoms with Gasteiger partial charge in [0.25, 0.3) is 0 Å². The van der Waals surface area contributed by atoms with Crippen LogP contribution in [0.15, 0.2) is 91.0 Å². The Labute approximate surface area is 201 Å². The van der Waals surface area contributed by atoms with E-state index in [0.717, 1.165) is 16.7 Å². The highest BCUT2D eigenvalue weighted by Gasteiger charge is 2.30. The summed E-state index contributed by atoms with van der Waals surface area (Å²) in [5, 5.41) is 6.33. The van der Waals surface area contributed by atoms with Crippen molar-refractivity contribution >= 4 is 15.9 Å². The van der Waals surface area contributed by atoms with Gasteiger partial charge in [0, 0.05) is 31.6 Å². The monoisotopic (exact) mass is 477 g/mol. The predicted octanol–water partition coefficient (Wildman–Crippen LogP) is 3.03. The first-order valence-electron chi connectivity index (χ1n) is 11.6. The van der Waals surface area contributed by atoms with Crippen LogP contribution >= 0.6 is 0 Å². The summed E-state index contributed by atoms with van der Waals surface area (Å²) in [4.78, 5) is 13.0. The van der Waals surface area contributed by atoms with Gasteiger partial charge in [-0.05, 0) is 23.1 Å². The lowest BCUT2D eigenvalue weighted by Crippen LogP contribution is -2.52. The third-order valence-electron chi connectivity index (χ3n) is 6.15. The van der Waals surface area contributed by atoms with Crippen molar-refractivity contribution in [2.75, 3.05) is 19.6 Å². The zero-order chi connectivity index (χ0) is 23.8. The minimum atomic E-state index is -3.50. The molecular formula is C27H31N3O3S. The summed E-state index contributed by atoms with van der Waals surface area (Å²) in [5.74, 6) is -0.387. The Morgan fingerprint density at radius 2 is 1.41 bits per heavy atom. The van der Waals surface area contributed by atoms with Crippen molar-refractivity contribution in [2.45, 2.75) is 24.1 Å². The van der Waals surface area contributed by atoms with Gasteiger partial charge in [-0.1, -0.05) is 91.0 Å². The fraction of sp³-hybridized carbons (Fsp3) is 0.296. The normalized spacial score (nSPS) is 18.5. The fourth-order valence-corrected chi connectivity index (χ4v) is 5.87. The molecule has 3 aromatic carbocycles. The molecule has 34 heavy (non-hydrogen) atoms. The highest BCUT2D eigenvalue weighted by atomic mass is 32.2.